The van der Waals surface area contributed by atoms with E-state index in [-0.39, 0.29) is 5.82 Å². The van der Waals surface area contributed by atoms with Crippen molar-refractivity contribution in [2.75, 3.05) is 0 Å². The molecule has 0 aliphatic rings. The zero-order valence-electron chi connectivity index (χ0n) is 12.0. The standard InChI is InChI=1S/C18H22FN/c1-2-3-12-18(20,14-15-8-5-4-6-9-15)16-10-7-11-17(19)13-16/h4-11,13H,2-3,12,14,20H2,1H3. The molecule has 0 heterocycles. The van der Waals surface area contributed by atoms with E-state index >= 15 is 0 Å². The van der Waals surface area contributed by atoms with Crippen LogP contribution in [0, 0.1) is 5.82 Å². The van der Waals surface area contributed by atoms with Gasteiger partial charge in [-0.1, -0.05) is 62.2 Å². The maximum absolute atomic E-state index is 13.5. The van der Waals surface area contributed by atoms with Crippen molar-refractivity contribution < 1.29 is 4.39 Å². The Morgan fingerprint density at radius 3 is 2.45 bits per heavy atom. The van der Waals surface area contributed by atoms with Crippen molar-refractivity contribution in [2.45, 2.75) is 38.1 Å². The van der Waals surface area contributed by atoms with E-state index in [1.165, 1.54) is 11.6 Å². The molecule has 2 N–H and O–H groups in total. The fraction of sp³-hybridized carbons (Fsp3) is 0.333. The molecule has 2 aromatic rings. The monoisotopic (exact) mass is 271 g/mol. The summed E-state index contributed by atoms with van der Waals surface area (Å²) in [6, 6.07) is 16.9. The summed E-state index contributed by atoms with van der Waals surface area (Å²) in [5.41, 5.74) is 8.21. The van der Waals surface area contributed by atoms with Crippen molar-refractivity contribution in [1.82, 2.24) is 0 Å². The number of benzene rings is 2. The molecule has 0 spiro atoms. The maximum atomic E-state index is 13.5. The lowest BCUT2D eigenvalue weighted by atomic mass is 9.81. The molecule has 20 heavy (non-hydrogen) atoms. The summed E-state index contributed by atoms with van der Waals surface area (Å²) in [4.78, 5) is 0. The molecule has 0 fully saturated rings. The lowest BCUT2D eigenvalue weighted by Crippen LogP contribution is -2.39. The molecule has 0 saturated heterocycles. The van der Waals surface area contributed by atoms with Crippen LogP contribution in [0.4, 0.5) is 4.39 Å². The van der Waals surface area contributed by atoms with Crippen LogP contribution < -0.4 is 5.73 Å². The molecule has 106 valence electrons. The summed E-state index contributed by atoms with van der Waals surface area (Å²) < 4.78 is 13.5. The minimum absolute atomic E-state index is 0.220. The van der Waals surface area contributed by atoms with Gasteiger partial charge >= 0.3 is 0 Å². The van der Waals surface area contributed by atoms with Gasteiger partial charge in [0.25, 0.3) is 0 Å². The van der Waals surface area contributed by atoms with E-state index in [2.05, 4.69) is 19.1 Å². The molecule has 2 rings (SSSR count). The molecule has 0 bridgehead atoms. The molecule has 0 radical (unpaired) electrons. The van der Waals surface area contributed by atoms with Crippen LogP contribution in [0.3, 0.4) is 0 Å². The lowest BCUT2D eigenvalue weighted by Gasteiger charge is -2.30. The summed E-state index contributed by atoms with van der Waals surface area (Å²) in [6.07, 6.45) is 3.72. The highest BCUT2D eigenvalue weighted by Gasteiger charge is 2.27. The molecule has 0 amide bonds. The van der Waals surface area contributed by atoms with Gasteiger partial charge in [-0.3, -0.25) is 0 Å². The molecule has 2 aromatic carbocycles. The highest BCUT2D eigenvalue weighted by molar-refractivity contribution is 5.29. The smallest absolute Gasteiger partial charge is 0.123 e. The average Bonchev–Trinajstić information content (AvgIpc) is 2.46. The van der Waals surface area contributed by atoms with Crippen LogP contribution >= 0.6 is 0 Å². The molecule has 1 nitrogen and oxygen atoms in total. The molecule has 0 aliphatic heterocycles. The normalized spacial score (nSPS) is 13.9. The first kappa shape index (κ1) is 14.7. The third-order valence-electron chi connectivity index (χ3n) is 3.74. The Labute approximate surface area is 120 Å². The topological polar surface area (TPSA) is 26.0 Å². The molecule has 0 aliphatic carbocycles. The fourth-order valence-electron chi connectivity index (χ4n) is 2.59. The predicted octanol–water partition coefficient (Wildman–Crippen LogP) is 4.41. The number of hydrogen-bond acceptors (Lipinski definition) is 1. The van der Waals surface area contributed by atoms with E-state index in [4.69, 9.17) is 5.73 Å². The van der Waals surface area contributed by atoms with Crippen LogP contribution in [0.5, 0.6) is 0 Å². The van der Waals surface area contributed by atoms with Gasteiger partial charge in [0, 0.05) is 5.54 Å². The summed E-state index contributed by atoms with van der Waals surface area (Å²) in [6.45, 7) is 2.15. The Morgan fingerprint density at radius 1 is 1.05 bits per heavy atom. The number of halogens is 1. The van der Waals surface area contributed by atoms with Gasteiger partial charge in [0.2, 0.25) is 0 Å². The van der Waals surface area contributed by atoms with Gasteiger partial charge in [-0.2, -0.15) is 0 Å². The SMILES string of the molecule is CCCCC(N)(Cc1ccccc1)c1cccc(F)c1. The Morgan fingerprint density at radius 2 is 1.80 bits per heavy atom. The van der Waals surface area contributed by atoms with E-state index in [1.807, 2.05) is 24.3 Å². The maximum Gasteiger partial charge on any atom is 0.123 e. The Hall–Kier alpha value is -1.67. The van der Waals surface area contributed by atoms with E-state index in [0.29, 0.717) is 0 Å². The van der Waals surface area contributed by atoms with Crippen molar-refractivity contribution in [3.05, 3.63) is 71.5 Å². The first-order valence-electron chi connectivity index (χ1n) is 7.23. The zero-order valence-corrected chi connectivity index (χ0v) is 12.0. The second-order valence-electron chi connectivity index (χ2n) is 5.43. The van der Waals surface area contributed by atoms with Crippen LogP contribution in [0.1, 0.15) is 37.3 Å². The first-order chi connectivity index (χ1) is 9.64. The van der Waals surface area contributed by atoms with Crippen LogP contribution in [0.15, 0.2) is 54.6 Å². The summed E-state index contributed by atoms with van der Waals surface area (Å²) in [5, 5.41) is 0. The van der Waals surface area contributed by atoms with Gasteiger partial charge in [0.05, 0.1) is 0 Å². The quantitative estimate of drug-likeness (QED) is 0.827. The van der Waals surface area contributed by atoms with E-state index in [1.54, 1.807) is 12.1 Å². The second kappa shape index (κ2) is 6.67. The van der Waals surface area contributed by atoms with E-state index in [9.17, 15) is 4.39 Å². The molecule has 0 aromatic heterocycles. The molecule has 1 atom stereocenters. The van der Waals surface area contributed by atoms with Crippen molar-refractivity contribution in [2.24, 2.45) is 5.73 Å². The zero-order chi connectivity index (χ0) is 14.4. The van der Waals surface area contributed by atoms with Crippen molar-refractivity contribution in [3.63, 3.8) is 0 Å². The van der Waals surface area contributed by atoms with Crippen LogP contribution in [-0.4, -0.2) is 0 Å². The predicted molar refractivity (Wildman–Crippen MR) is 81.9 cm³/mol. The largest absolute Gasteiger partial charge is 0.321 e. The molecule has 0 saturated carbocycles. The number of hydrogen-bond donors (Lipinski definition) is 1. The van der Waals surface area contributed by atoms with Crippen molar-refractivity contribution >= 4 is 0 Å². The third-order valence-corrected chi connectivity index (χ3v) is 3.74. The highest BCUT2D eigenvalue weighted by Crippen LogP contribution is 2.29. The highest BCUT2D eigenvalue weighted by atomic mass is 19.1. The van der Waals surface area contributed by atoms with Gasteiger partial charge < -0.3 is 5.73 Å². The van der Waals surface area contributed by atoms with Crippen molar-refractivity contribution in [1.29, 1.82) is 0 Å². The Balaban J connectivity index is 2.29. The number of nitrogens with two attached hydrogens (primary N) is 1. The van der Waals surface area contributed by atoms with Crippen LogP contribution in [0.2, 0.25) is 0 Å². The van der Waals surface area contributed by atoms with Crippen LogP contribution in [-0.2, 0) is 12.0 Å². The fourth-order valence-corrected chi connectivity index (χ4v) is 2.59. The van der Waals surface area contributed by atoms with Gasteiger partial charge in [-0.05, 0) is 36.1 Å². The summed E-state index contributed by atoms with van der Waals surface area (Å²) in [5.74, 6) is -0.220. The Kier molecular flexibility index (Phi) is 4.91. The van der Waals surface area contributed by atoms with Gasteiger partial charge in [0.15, 0.2) is 0 Å². The van der Waals surface area contributed by atoms with Gasteiger partial charge in [0.1, 0.15) is 5.82 Å². The summed E-state index contributed by atoms with van der Waals surface area (Å²) in [7, 11) is 0. The van der Waals surface area contributed by atoms with Crippen molar-refractivity contribution in [3.8, 4) is 0 Å². The first-order valence-corrected chi connectivity index (χ1v) is 7.23. The van der Waals surface area contributed by atoms with E-state index < -0.39 is 5.54 Å². The average molecular weight is 271 g/mol. The van der Waals surface area contributed by atoms with Gasteiger partial charge in [-0.15, -0.1) is 0 Å². The van der Waals surface area contributed by atoms with Crippen LogP contribution in [0.25, 0.3) is 0 Å². The Bertz CT molecular complexity index is 538. The molecule has 2 heteroatoms. The summed E-state index contributed by atoms with van der Waals surface area (Å²) >= 11 is 0. The molecular formula is C18H22FN. The second-order valence-corrected chi connectivity index (χ2v) is 5.43. The minimum Gasteiger partial charge on any atom is -0.321 e. The molecular weight excluding hydrogens is 249 g/mol. The minimum atomic E-state index is -0.501. The number of unbranched alkanes of at least 4 members (excludes halogenated alkanes) is 1. The third kappa shape index (κ3) is 3.67. The lowest BCUT2D eigenvalue weighted by molar-refractivity contribution is 0.388. The van der Waals surface area contributed by atoms with Gasteiger partial charge in [-0.25, -0.2) is 4.39 Å². The molecule has 1 unspecified atom stereocenters. The van der Waals surface area contributed by atoms with E-state index in [0.717, 1.165) is 31.2 Å². The number of rotatable bonds is 6.